The topological polar surface area (TPSA) is 24.9 Å². The number of halogens is 2. The molecule has 1 heterocycles. The molecule has 2 atom stereocenters. The van der Waals surface area contributed by atoms with Crippen LogP contribution in [0.25, 0.3) is 0 Å². The highest BCUT2D eigenvalue weighted by Gasteiger charge is 2.12. The van der Waals surface area contributed by atoms with E-state index in [1.807, 2.05) is 31.2 Å². The minimum absolute atomic E-state index is 0.0630. The van der Waals surface area contributed by atoms with Crippen molar-refractivity contribution < 1.29 is 4.39 Å². The summed E-state index contributed by atoms with van der Waals surface area (Å²) in [6.07, 6.45) is 2.08. The van der Waals surface area contributed by atoms with Crippen LogP contribution in [0.2, 0.25) is 5.02 Å². The molecule has 0 aliphatic carbocycles. The normalized spacial score (nSPS) is 14.0. The largest absolute Gasteiger partial charge is 0.306 e. The van der Waals surface area contributed by atoms with E-state index in [0.717, 1.165) is 22.7 Å². The highest BCUT2D eigenvalue weighted by Crippen LogP contribution is 2.18. The molecule has 1 N–H and O–H groups in total. The molecule has 0 spiro atoms. The Morgan fingerprint density at radius 3 is 2.60 bits per heavy atom. The van der Waals surface area contributed by atoms with Crippen molar-refractivity contribution in [1.82, 2.24) is 10.3 Å². The Kier molecular flexibility index (Phi) is 5.10. The number of benzene rings is 1. The molecule has 2 unspecified atom stereocenters. The lowest BCUT2D eigenvalue weighted by molar-refractivity contribution is 0.468. The van der Waals surface area contributed by atoms with E-state index in [-0.39, 0.29) is 17.9 Å². The number of nitrogens with zero attached hydrogens (tertiary/aromatic N) is 1. The third-order valence-corrected chi connectivity index (χ3v) is 3.58. The van der Waals surface area contributed by atoms with Gasteiger partial charge in [-0.15, -0.1) is 0 Å². The van der Waals surface area contributed by atoms with Gasteiger partial charge in [-0.2, -0.15) is 0 Å². The van der Waals surface area contributed by atoms with Crippen LogP contribution in [0, 0.1) is 5.82 Å². The molecule has 2 aromatic rings. The molecule has 106 valence electrons. The predicted molar refractivity (Wildman–Crippen MR) is 80.4 cm³/mol. The Morgan fingerprint density at radius 1 is 1.20 bits per heavy atom. The Balaban J connectivity index is 1.96. The molecule has 0 fully saturated rings. The van der Waals surface area contributed by atoms with Crippen LogP contribution in [0.5, 0.6) is 0 Å². The Labute approximate surface area is 124 Å². The molecule has 0 radical (unpaired) electrons. The summed E-state index contributed by atoms with van der Waals surface area (Å²) in [7, 11) is 0. The van der Waals surface area contributed by atoms with E-state index in [1.54, 1.807) is 6.07 Å². The lowest BCUT2D eigenvalue weighted by Gasteiger charge is -2.20. The van der Waals surface area contributed by atoms with Crippen molar-refractivity contribution >= 4 is 11.6 Å². The fraction of sp³-hybridized carbons (Fsp3) is 0.312. The van der Waals surface area contributed by atoms with Gasteiger partial charge in [-0.1, -0.05) is 29.8 Å². The molecule has 20 heavy (non-hydrogen) atoms. The summed E-state index contributed by atoms with van der Waals surface area (Å²) in [5.41, 5.74) is 1.95. The quantitative estimate of drug-likeness (QED) is 0.895. The van der Waals surface area contributed by atoms with Gasteiger partial charge in [0.2, 0.25) is 0 Å². The number of nitrogens with one attached hydrogen (secondary N) is 1. The van der Waals surface area contributed by atoms with Gasteiger partial charge in [0.15, 0.2) is 0 Å². The smallest absolute Gasteiger partial charge is 0.141 e. The van der Waals surface area contributed by atoms with Crippen LogP contribution >= 0.6 is 11.6 Å². The van der Waals surface area contributed by atoms with Gasteiger partial charge >= 0.3 is 0 Å². The summed E-state index contributed by atoms with van der Waals surface area (Å²) >= 11 is 6.16. The zero-order valence-electron chi connectivity index (χ0n) is 11.6. The van der Waals surface area contributed by atoms with E-state index in [1.165, 1.54) is 12.3 Å². The summed E-state index contributed by atoms with van der Waals surface area (Å²) in [5, 5.41) is 4.23. The van der Waals surface area contributed by atoms with Gasteiger partial charge in [0.05, 0.1) is 11.9 Å². The maximum Gasteiger partial charge on any atom is 0.141 e. The van der Waals surface area contributed by atoms with E-state index < -0.39 is 0 Å². The Bertz CT molecular complexity index is 557. The average Bonchev–Trinajstić information content (AvgIpc) is 2.42. The number of rotatable bonds is 5. The van der Waals surface area contributed by atoms with Crippen molar-refractivity contribution in [1.29, 1.82) is 0 Å². The van der Waals surface area contributed by atoms with Crippen LogP contribution in [0.1, 0.15) is 31.1 Å². The van der Waals surface area contributed by atoms with Crippen LogP contribution in [0.3, 0.4) is 0 Å². The second-order valence-electron chi connectivity index (χ2n) is 4.99. The summed E-state index contributed by atoms with van der Waals surface area (Å²) in [5.74, 6) is -0.315. The van der Waals surface area contributed by atoms with Gasteiger partial charge in [0, 0.05) is 17.1 Å². The van der Waals surface area contributed by atoms with Crippen molar-refractivity contribution in [2.75, 3.05) is 0 Å². The van der Waals surface area contributed by atoms with Gasteiger partial charge in [-0.05, 0) is 44.0 Å². The average molecular weight is 293 g/mol. The number of hydrogen-bond acceptors (Lipinski definition) is 2. The molecular weight excluding hydrogens is 275 g/mol. The van der Waals surface area contributed by atoms with Gasteiger partial charge in [0.1, 0.15) is 5.82 Å². The molecule has 2 rings (SSSR count). The maximum absolute atomic E-state index is 12.8. The van der Waals surface area contributed by atoms with Crippen molar-refractivity contribution in [2.45, 2.75) is 32.4 Å². The van der Waals surface area contributed by atoms with E-state index in [4.69, 9.17) is 11.6 Å². The molecule has 0 bridgehead atoms. The molecule has 0 saturated carbocycles. The third kappa shape index (κ3) is 4.02. The molecular formula is C16H18ClFN2. The predicted octanol–water partition coefficient (Wildman–Crippen LogP) is 4.16. The fourth-order valence-electron chi connectivity index (χ4n) is 2.21. The first kappa shape index (κ1) is 14.9. The molecule has 1 aromatic heterocycles. The van der Waals surface area contributed by atoms with E-state index in [0.29, 0.717) is 0 Å². The summed E-state index contributed by atoms with van der Waals surface area (Å²) in [4.78, 5) is 4.09. The van der Waals surface area contributed by atoms with Gasteiger partial charge in [-0.25, -0.2) is 4.39 Å². The highest BCUT2D eigenvalue weighted by atomic mass is 35.5. The molecule has 2 nitrogen and oxygen atoms in total. The van der Waals surface area contributed by atoms with Gasteiger partial charge in [-0.3, -0.25) is 4.98 Å². The van der Waals surface area contributed by atoms with Gasteiger partial charge < -0.3 is 5.32 Å². The van der Waals surface area contributed by atoms with Crippen LogP contribution in [-0.2, 0) is 6.42 Å². The molecule has 0 aliphatic heterocycles. The molecule has 0 aliphatic rings. The van der Waals surface area contributed by atoms with Gasteiger partial charge in [0.25, 0.3) is 0 Å². The fourth-order valence-corrected chi connectivity index (χ4v) is 2.42. The van der Waals surface area contributed by atoms with E-state index >= 15 is 0 Å². The first-order valence-corrected chi connectivity index (χ1v) is 7.05. The Morgan fingerprint density at radius 2 is 1.95 bits per heavy atom. The first-order valence-electron chi connectivity index (χ1n) is 6.67. The number of hydrogen-bond donors (Lipinski definition) is 1. The molecule has 1 aromatic carbocycles. The standard InChI is InChI=1S/C16H18ClFN2/c1-11(9-13-5-3-4-6-15(13)17)20-12(2)16-8-7-14(18)10-19-16/h3-8,10-12,20H,9H2,1-2H3. The lowest BCUT2D eigenvalue weighted by atomic mass is 10.1. The SMILES string of the molecule is CC(Cc1ccccc1Cl)NC(C)c1ccc(F)cn1. The monoisotopic (exact) mass is 292 g/mol. The summed E-state index contributed by atoms with van der Waals surface area (Å²) in [6.45, 7) is 4.12. The Hall–Kier alpha value is -1.45. The second-order valence-corrected chi connectivity index (χ2v) is 5.39. The highest BCUT2D eigenvalue weighted by molar-refractivity contribution is 6.31. The summed E-state index contributed by atoms with van der Waals surface area (Å²) < 4.78 is 12.8. The van der Waals surface area contributed by atoms with Crippen molar-refractivity contribution in [2.24, 2.45) is 0 Å². The maximum atomic E-state index is 12.8. The number of pyridine rings is 1. The van der Waals surface area contributed by atoms with Crippen molar-refractivity contribution in [3.8, 4) is 0 Å². The van der Waals surface area contributed by atoms with E-state index in [9.17, 15) is 4.39 Å². The minimum atomic E-state index is -0.315. The number of aromatic nitrogens is 1. The second kappa shape index (κ2) is 6.82. The summed E-state index contributed by atoms with van der Waals surface area (Å²) in [6, 6.07) is 11.3. The van der Waals surface area contributed by atoms with Crippen molar-refractivity contribution in [3.05, 3.63) is 64.7 Å². The zero-order valence-corrected chi connectivity index (χ0v) is 12.4. The van der Waals surface area contributed by atoms with Crippen LogP contribution in [0.15, 0.2) is 42.6 Å². The van der Waals surface area contributed by atoms with Crippen LogP contribution in [-0.4, -0.2) is 11.0 Å². The van der Waals surface area contributed by atoms with Crippen LogP contribution in [0.4, 0.5) is 4.39 Å². The van der Waals surface area contributed by atoms with Crippen molar-refractivity contribution in [3.63, 3.8) is 0 Å². The zero-order chi connectivity index (χ0) is 14.5. The lowest BCUT2D eigenvalue weighted by Crippen LogP contribution is -2.31. The molecule has 0 saturated heterocycles. The van der Waals surface area contributed by atoms with Crippen LogP contribution < -0.4 is 5.32 Å². The minimum Gasteiger partial charge on any atom is -0.306 e. The molecule has 0 amide bonds. The van der Waals surface area contributed by atoms with E-state index in [2.05, 4.69) is 17.2 Å². The third-order valence-electron chi connectivity index (χ3n) is 3.21. The molecule has 4 heteroatoms. The first-order chi connectivity index (χ1) is 9.56.